The van der Waals surface area contributed by atoms with E-state index in [0.717, 1.165) is 0 Å². The Morgan fingerprint density at radius 1 is 1.25 bits per heavy atom. The van der Waals surface area contributed by atoms with Gasteiger partial charge in [-0.25, -0.2) is 0 Å². The summed E-state index contributed by atoms with van der Waals surface area (Å²) < 4.78 is 16.5. The van der Waals surface area contributed by atoms with Gasteiger partial charge in [0.15, 0.2) is 0 Å². The molecule has 4 heteroatoms. The van der Waals surface area contributed by atoms with Crippen LogP contribution in [0.25, 0.3) is 0 Å². The zero-order chi connectivity index (χ0) is 4.00. The van der Waals surface area contributed by atoms with Gasteiger partial charge in [-0.2, -0.15) is 0 Å². The van der Waals surface area contributed by atoms with Gasteiger partial charge < -0.3 is 0 Å². The van der Waals surface area contributed by atoms with Crippen molar-refractivity contribution in [3.8, 4) is 0 Å². The van der Waals surface area contributed by atoms with Crippen molar-refractivity contribution in [3.63, 3.8) is 0 Å². The van der Waals surface area contributed by atoms with E-state index in [1.54, 1.807) is 0 Å². The van der Waals surface area contributed by atoms with Crippen LogP contribution in [0, 0.1) is 35.5 Å². The SMILES string of the molecule is [O]=[Er].[O]=[Sc]. The van der Waals surface area contributed by atoms with Crippen molar-refractivity contribution in [1.82, 2.24) is 0 Å². The summed E-state index contributed by atoms with van der Waals surface area (Å²) in [7, 11) is 0. The van der Waals surface area contributed by atoms with E-state index in [9.17, 15) is 0 Å². The number of hydrogen-bond acceptors (Lipinski definition) is 2. The third-order valence-electron chi connectivity index (χ3n) is 0. The normalized spacial score (nSPS) is 3.00. The summed E-state index contributed by atoms with van der Waals surface area (Å²) in [6.07, 6.45) is 0. The van der Waals surface area contributed by atoms with E-state index in [4.69, 9.17) is 4.34 Å². The summed E-state index contributed by atoms with van der Waals surface area (Å²) in [4.78, 5) is 0. The average molecular weight is 244 g/mol. The van der Waals surface area contributed by atoms with Crippen LogP contribution in [0.15, 0.2) is 0 Å². The maximum absolute atomic E-state index is 8.31. The van der Waals surface area contributed by atoms with E-state index in [2.05, 4.69) is 0 Å². The maximum atomic E-state index is 8.31. The Labute approximate surface area is 63.0 Å². The predicted octanol–water partition coefficient (Wildman–Crippen LogP) is -0.240. The molecule has 0 N–H and O–H groups in total. The molecule has 27 valence electrons. The van der Waals surface area contributed by atoms with Crippen molar-refractivity contribution in [3.05, 3.63) is 0 Å². The fourth-order valence-corrected chi connectivity index (χ4v) is 0. The first kappa shape index (κ1) is 9.21. The summed E-state index contributed by atoms with van der Waals surface area (Å²) in [5.74, 6) is 0. The Hall–Kier alpha value is 1.72. The first-order valence-electron chi connectivity index (χ1n) is 0.354. The summed E-state index contributed by atoms with van der Waals surface area (Å²) in [6.45, 7) is 0. The van der Waals surface area contributed by atoms with E-state index in [-0.39, 0.29) is 0 Å². The third-order valence-corrected chi connectivity index (χ3v) is 0. The molecule has 0 heterocycles. The Balaban J connectivity index is 0. The quantitative estimate of drug-likeness (QED) is 0.589. The molecule has 0 aromatic heterocycles. The van der Waals surface area contributed by atoms with E-state index < -0.39 is 0 Å². The standard InChI is InChI=1S/Er.2O.Sc. The summed E-state index contributed by atoms with van der Waals surface area (Å²) in [6, 6.07) is 0. The van der Waals surface area contributed by atoms with Gasteiger partial charge in [0.25, 0.3) is 0 Å². The molecular weight excluding hydrogens is 244 g/mol. The van der Waals surface area contributed by atoms with Crippen LogP contribution in [0.4, 0.5) is 0 Å². The first-order valence-corrected chi connectivity index (χ1v) is 1.85. The third kappa shape index (κ3) is 9.31. The van der Waals surface area contributed by atoms with Crippen molar-refractivity contribution in [2.45, 2.75) is 0 Å². The van der Waals surface area contributed by atoms with Gasteiger partial charge in [0.1, 0.15) is 0 Å². The topological polar surface area (TPSA) is 34.1 Å². The van der Waals surface area contributed by atoms with Gasteiger partial charge in [-0.15, -0.1) is 0 Å². The predicted molar refractivity (Wildman–Crippen MR) is 1.37 cm³/mol. The summed E-state index contributed by atoms with van der Waals surface area (Å²) in [5.41, 5.74) is 0. The molecule has 0 saturated heterocycles. The van der Waals surface area contributed by atoms with Gasteiger partial charge in [-0.1, -0.05) is 0 Å². The van der Waals surface area contributed by atoms with Crippen molar-refractivity contribution in [1.29, 1.82) is 0 Å². The second-order valence-corrected chi connectivity index (χ2v) is 0. The Kier molecular flexibility index (Phi) is 50.9. The molecule has 0 aliphatic heterocycles. The van der Waals surface area contributed by atoms with Gasteiger partial charge in [-0.05, 0) is 0 Å². The Morgan fingerprint density at radius 2 is 1.25 bits per heavy atom. The van der Waals surface area contributed by atoms with Gasteiger partial charge in [0.2, 0.25) is 0 Å². The van der Waals surface area contributed by atoms with Crippen LogP contribution in [-0.4, -0.2) is 0 Å². The zero-order valence-corrected chi connectivity index (χ0v) is 5.34. The van der Waals surface area contributed by atoms with Crippen molar-refractivity contribution in [2.75, 3.05) is 0 Å². The molecule has 0 unspecified atom stereocenters. The zero-order valence-electron chi connectivity index (χ0n) is 1.68. The van der Waals surface area contributed by atoms with E-state index >= 15 is 0 Å². The molecule has 0 fully saturated rings. The van der Waals surface area contributed by atoms with E-state index in [0.29, 0.717) is 24.4 Å². The minimum atomic E-state index is 0.438. The Morgan fingerprint density at radius 3 is 1.25 bits per heavy atom. The molecule has 0 amide bonds. The van der Waals surface area contributed by atoms with E-state index in [1.807, 2.05) is 0 Å². The van der Waals surface area contributed by atoms with Crippen LogP contribution in [0.5, 0.6) is 0 Å². The van der Waals surface area contributed by atoms with Crippen molar-refractivity contribution >= 4 is 0 Å². The summed E-state index contributed by atoms with van der Waals surface area (Å²) in [5, 5.41) is 0. The molecule has 0 rings (SSSR count). The fraction of sp³-hybridized carbons (Fsp3) is 0. The molecule has 2 nitrogen and oxygen atoms in total. The molecule has 0 radical (unpaired) electrons. The van der Waals surface area contributed by atoms with Gasteiger partial charge in [-0.3, -0.25) is 0 Å². The molecule has 0 aliphatic carbocycles. The molecule has 0 aromatic rings. The molecular formula is ErO2Sc. The average Bonchev–Trinajstić information content (AvgIpc) is 1.50. The Bertz CT molecular complexity index is 8.00. The van der Waals surface area contributed by atoms with Gasteiger partial charge in [0.05, 0.1) is 0 Å². The number of rotatable bonds is 0. The second-order valence-electron chi connectivity index (χ2n) is 0. The fourth-order valence-electron chi connectivity index (χ4n) is 0. The molecule has 0 atom stereocenters. The van der Waals surface area contributed by atoms with E-state index in [1.165, 1.54) is 35.5 Å². The van der Waals surface area contributed by atoms with Crippen LogP contribution < -0.4 is 0 Å². The van der Waals surface area contributed by atoms with Crippen LogP contribution in [0.1, 0.15) is 0 Å². The van der Waals surface area contributed by atoms with Crippen LogP contribution in [0.2, 0.25) is 0 Å². The van der Waals surface area contributed by atoms with Crippen LogP contribution >= 0.6 is 0 Å². The number of hydrogen-bond donors (Lipinski definition) is 0. The monoisotopic (exact) mass is 243 g/mol. The van der Waals surface area contributed by atoms with Crippen molar-refractivity contribution < 1.29 is 64.2 Å². The molecule has 0 aromatic carbocycles. The van der Waals surface area contributed by atoms with Gasteiger partial charge >= 0.3 is 64.2 Å². The molecule has 0 spiro atoms. The van der Waals surface area contributed by atoms with Gasteiger partial charge in [0, 0.05) is 0 Å². The second kappa shape index (κ2) is 22.1. The molecule has 0 saturated carbocycles. The van der Waals surface area contributed by atoms with Crippen molar-refractivity contribution in [2.24, 2.45) is 0 Å². The first-order chi connectivity index (χ1) is 2.00. The molecule has 4 heavy (non-hydrogen) atoms. The van der Waals surface area contributed by atoms with Crippen LogP contribution in [0.3, 0.4) is 0 Å². The minimum absolute atomic E-state index is 0.438. The molecule has 0 bridgehead atoms. The van der Waals surface area contributed by atoms with Crippen LogP contribution in [-0.2, 0) is 28.7 Å². The molecule has 0 aliphatic rings. The summed E-state index contributed by atoms with van der Waals surface area (Å²) >= 11 is 1.60.